The van der Waals surface area contributed by atoms with Gasteiger partial charge in [-0.15, -0.1) is 0 Å². The fraction of sp³-hybridized carbons (Fsp3) is 0.821. The third-order valence-corrected chi connectivity index (χ3v) is 8.03. The molecule has 1 unspecified atom stereocenters. The molecule has 38 heavy (non-hydrogen) atoms. The first-order chi connectivity index (χ1) is 17.2. The quantitative estimate of drug-likeness (QED) is 0.385. The molecule has 0 aromatic rings. The highest BCUT2D eigenvalue weighted by Gasteiger charge is 2.69. The molecule has 1 saturated heterocycles. The van der Waals surface area contributed by atoms with Crippen molar-refractivity contribution in [3.8, 4) is 0 Å². The highest BCUT2D eigenvalue weighted by atomic mass is 16.2. The van der Waals surface area contributed by atoms with Gasteiger partial charge < -0.3 is 26.6 Å². The number of nitrogens with one attached hydrogen (secondary N) is 3. The first-order valence-corrected chi connectivity index (χ1v) is 13.7. The molecule has 10 nitrogen and oxygen atoms in total. The molecule has 5 atom stereocenters. The molecule has 0 aromatic heterocycles. The molecule has 3 fully saturated rings. The van der Waals surface area contributed by atoms with E-state index in [-0.39, 0.29) is 23.2 Å². The fourth-order valence-electron chi connectivity index (χ4n) is 5.33. The molecule has 10 heteroatoms. The van der Waals surface area contributed by atoms with E-state index >= 15 is 0 Å². The van der Waals surface area contributed by atoms with Crippen LogP contribution in [0.15, 0.2) is 0 Å². The molecule has 0 radical (unpaired) electrons. The van der Waals surface area contributed by atoms with Crippen molar-refractivity contribution in [3.05, 3.63) is 0 Å². The SMILES string of the molecule is CC(NC(=O)[C@@H]1[C@@H]2[C@H](CN1C(=O)[C@@H](NC(=O)NC(C)(C)C)C(C)(C)C)C2(C)C)C(=O)C(N)=O.CC1CCC1. The van der Waals surface area contributed by atoms with E-state index in [4.69, 9.17) is 5.73 Å². The number of carbonyl (C=O) groups is 5. The number of nitrogens with two attached hydrogens (primary N) is 1. The molecule has 216 valence electrons. The Labute approximate surface area is 227 Å². The predicted octanol–water partition coefficient (Wildman–Crippen LogP) is 2.35. The molecule has 3 aliphatic rings. The Morgan fingerprint density at radius 1 is 0.974 bits per heavy atom. The molecule has 2 saturated carbocycles. The summed E-state index contributed by atoms with van der Waals surface area (Å²) in [5.41, 5.74) is 3.81. The van der Waals surface area contributed by atoms with Crippen molar-refractivity contribution in [2.75, 3.05) is 6.54 Å². The van der Waals surface area contributed by atoms with Crippen molar-refractivity contribution in [1.82, 2.24) is 20.9 Å². The topological polar surface area (TPSA) is 151 Å². The lowest BCUT2D eigenvalue weighted by Gasteiger charge is -2.38. The summed E-state index contributed by atoms with van der Waals surface area (Å²) >= 11 is 0. The molecule has 0 spiro atoms. The summed E-state index contributed by atoms with van der Waals surface area (Å²) in [6, 6.07) is -3.25. The predicted molar refractivity (Wildman–Crippen MR) is 146 cm³/mol. The van der Waals surface area contributed by atoms with Crippen LogP contribution in [0, 0.1) is 28.6 Å². The van der Waals surface area contributed by atoms with Crippen LogP contribution in [0.3, 0.4) is 0 Å². The van der Waals surface area contributed by atoms with Crippen LogP contribution >= 0.6 is 0 Å². The highest BCUT2D eigenvalue weighted by molar-refractivity contribution is 6.37. The van der Waals surface area contributed by atoms with E-state index in [1.165, 1.54) is 31.1 Å². The van der Waals surface area contributed by atoms with Crippen LogP contribution in [-0.4, -0.2) is 64.6 Å². The highest BCUT2D eigenvalue weighted by Crippen LogP contribution is 2.65. The van der Waals surface area contributed by atoms with Crippen molar-refractivity contribution in [2.24, 2.45) is 34.3 Å². The van der Waals surface area contributed by atoms with E-state index in [9.17, 15) is 24.0 Å². The maximum absolute atomic E-state index is 13.7. The van der Waals surface area contributed by atoms with Crippen LogP contribution < -0.4 is 21.7 Å². The Kier molecular flexibility index (Phi) is 9.32. The molecule has 2 aliphatic carbocycles. The number of carbonyl (C=O) groups excluding carboxylic acids is 5. The minimum Gasteiger partial charge on any atom is -0.363 e. The third kappa shape index (κ3) is 7.47. The van der Waals surface area contributed by atoms with Gasteiger partial charge in [0, 0.05) is 12.1 Å². The van der Waals surface area contributed by atoms with Gasteiger partial charge in [0.1, 0.15) is 12.1 Å². The average Bonchev–Trinajstić information content (AvgIpc) is 3.08. The Morgan fingerprint density at radius 3 is 1.89 bits per heavy atom. The number of primary amides is 1. The molecule has 1 heterocycles. The van der Waals surface area contributed by atoms with E-state index in [1.54, 1.807) is 0 Å². The Morgan fingerprint density at radius 2 is 1.50 bits per heavy atom. The lowest BCUT2D eigenvalue weighted by atomic mass is 9.85. The number of piperidine rings is 1. The van der Waals surface area contributed by atoms with E-state index in [0.717, 1.165) is 5.92 Å². The summed E-state index contributed by atoms with van der Waals surface area (Å²) in [7, 11) is 0. The minimum atomic E-state index is -1.13. The second-order valence-corrected chi connectivity index (χ2v) is 14.0. The smallest absolute Gasteiger partial charge is 0.315 e. The first kappa shape index (κ1) is 31.6. The monoisotopic (exact) mass is 535 g/mol. The van der Waals surface area contributed by atoms with Gasteiger partial charge in [-0.25, -0.2) is 4.79 Å². The van der Waals surface area contributed by atoms with Gasteiger partial charge in [0.2, 0.25) is 17.6 Å². The number of nitrogens with zero attached hydrogens (tertiary/aromatic N) is 1. The average molecular weight is 536 g/mol. The summed E-state index contributed by atoms with van der Waals surface area (Å²) in [6.45, 7) is 19.2. The molecule has 5 N–H and O–H groups in total. The second kappa shape index (κ2) is 11.2. The standard InChI is InChI=1S/C23H39N5O5.C5H10/c1-11(15(29)17(24)30)25-18(31)14-13-12(23(13,8)9)10-28(14)19(32)16(21(2,3)4)26-20(33)27-22(5,6)7;1-5-3-2-4-5/h11-14,16H,10H2,1-9H3,(H2,24,30)(H,25,31)(H2,26,27,33);5H,2-4H2,1H3/t11?,12-,13-,14-,16+;/m0./s1. The van der Waals surface area contributed by atoms with Crippen LogP contribution in [0.1, 0.15) is 88.5 Å². The number of likely N-dealkylation sites (tertiary alicyclic amines) is 1. The van der Waals surface area contributed by atoms with Gasteiger partial charge in [0.05, 0.1) is 6.04 Å². The first-order valence-electron chi connectivity index (χ1n) is 13.7. The van der Waals surface area contributed by atoms with Crippen LogP contribution in [0.2, 0.25) is 0 Å². The molecule has 3 rings (SSSR count). The number of urea groups is 1. The number of fused-ring (bicyclic) bond motifs is 1. The summed E-state index contributed by atoms with van der Waals surface area (Å²) in [6.07, 6.45) is 4.46. The lowest BCUT2D eigenvalue weighted by Crippen LogP contribution is -2.62. The van der Waals surface area contributed by atoms with E-state index in [1.807, 2.05) is 55.4 Å². The minimum absolute atomic E-state index is 0.0821. The molecule has 0 aromatic carbocycles. The van der Waals surface area contributed by atoms with Crippen molar-refractivity contribution in [2.45, 2.75) is 112 Å². The van der Waals surface area contributed by atoms with Crippen LogP contribution in [0.4, 0.5) is 4.79 Å². The second-order valence-electron chi connectivity index (χ2n) is 14.0. The van der Waals surface area contributed by atoms with Gasteiger partial charge in [-0.3, -0.25) is 19.2 Å². The van der Waals surface area contributed by atoms with Gasteiger partial charge >= 0.3 is 6.03 Å². The van der Waals surface area contributed by atoms with E-state index in [0.29, 0.717) is 6.54 Å². The number of hydrogen-bond donors (Lipinski definition) is 4. The van der Waals surface area contributed by atoms with Gasteiger partial charge in [-0.2, -0.15) is 0 Å². The zero-order valence-corrected chi connectivity index (χ0v) is 24.9. The van der Waals surface area contributed by atoms with Crippen LogP contribution in [-0.2, 0) is 19.2 Å². The van der Waals surface area contributed by atoms with Crippen molar-refractivity contribution < 1.29 is 24.0 Å². The lowest BCUT2D eigenvalue weighted by molar-refractivity contribution is -0.144. The van der Waals surface area contributed by atoms with Crippen molar-refractivity contribution >= 4 is 29.5 Å². The Balaban J connectivity index is 0.000000904. The van der Waals surface area contributed by atoms with Crippen LogP contribution in [0.25, 0.3) is 0 Å². The van der Waals surface area contributed by atoms with Gasteiger partial charge in [-0.1, -0.05) is 60.8 Å². The number of amides is 5. The number of Topliss-reactive ketones (excluding diaryl/α,β-unsaturated/α-hetero) is 1. The maximum atomic E-state index is 13.7. The fourth-order valence-corrected chi connectivity index (χ4v) is 5.33. The molecular formula is C28H49N5O5. The molecule has 1 aliphatic heterocycles. The van der Waals surface area contributed by atoms with Crippen molar-refractivity contribution in [1.29, 1.82) is 0 Å². The Hall–Kier alpha value is -2.65. The summed E-state index contributed by atoms with van der Waals surface area (Å²) < 4.78 is 0. The van der Waals surface area contributed by atoms with Gasteiger partial charge in [0.15, 0.2) is 0 Å². The van der Waals surface area contributed by atoms with Gasteiger partial charge in [-0.05, 0) is 56.3 Å². The molecule has 0 bridgehead atoms. The normalized spacial score (nSPS) is 25.4. The van der Waals surface area contributed by atoms with Crippen molar-refractivity contribution in [3.63, 3.8) is 0 Å². The zero-order valence-electron chi connectivity index (χ0n) is 24.9. The van der Waals surface area contributed by atoms with Gasteiger partial charge in [0.25, 0.3) is 5.91 Å². The molecular weight excluding hydrogens is 486 g/mol. The Bertz CT molecular complexity index is 944. The van der Waals surface area contributed by atoms with E-state index in [2.05, 4.69) is 22.9 Å². The maximum Gasteiger partial charge on any atom is 0.315 e. The summed E-state index contributed by atoms with van der Waals surface area (Å²) in [4.78, 5) is 64.0. The zero-order chi connectivity index (χ0) is 29.4. The number of hydrogen-bond acceptors (Lipinski definition) is 5. The largest absolute Gasteiger partial charge is 0.363 e. The summed E-state index contributed by atoms with van der Waals surface area (Å²) in [5.74, 6) is -1.79. The summed E-state index contributed by atoms with van der Waals surface area (Å²) in [5, 5.41) is 8.13. The van der Waals surface area contributed by atoms with Crippen LogP contribution in [0.5, 0.6) is 0 Å². The number of ketones is 1. The molecule has 5 amide bonds. The number of rotatable bonds is 6. The van der Waals surface area contributed by atoms with E-state index < -0.39 is 52.7 Å². The third-order valence-electron chi connectivity index (χ3n) is 8.03.